The number of hydrogen-bond donors (Lipinski definition) is 1. The number of nitrogens with one attached hydrogen (secondary N) is 1. The van der Waals surface area contributed by atoms with Crippen molar-refractivity contribution in [1.29, 1.82) is 0 Å². The number of allylic oxidation sites excluding steroid dienone is 1. The van der Waals surface area contributed by atoms with Crippen LogP contribution in [-0.2, 0) is 6.54 Å². The summed E-state index contributed by atoms with van der Waals surface area (Å²) in [5.41, 5.74) is 2.12. The standard InChI is InChI=1S/C15H15N4S/c1-3-12-7-13-14(18-10(2)19-15(13)20-12)17-9-11-5-4-6-16-8-11/h4-6,8H,3,9H2,1-2H3,(H,17,18,19)/q+1. The Bertz CT molecular complexity index is 652. The maximum absolute atomic E-state index is 4.50. The lowest BCUT2D eigenvalue weighted by Crippen LogP contribution is -2.06. The first-order valence-electron chi connectivity index (χ1n) is 6.58. The molecule has 0 aliphatic carbocycles. The minimum Gasteiger partial charge on any atom is -0.313 e. The molecule has 1 aliphatic heterocycles. The normalized spacial score (nSPS) is 12.6. The first kappa shape index (κ1) is 13.0. The van der Waals surface area contributed by atoms with Gasteiger partial charge < -0.3 is 5.32 Å². The van der Waals surface area contributed by atoms with Crippen LogP contribution in [0.25, 0.3) is 0 Å². The number of fused-ring (bicyclic) bond motifs is 1. The van der Waals surface area contributed by atoms with E-state index in [0.717, 1.165) is 34.2 Å². The molecule has 0 saturated heterocycles. The van der Waals surface area contributed by atoms with E-state index in [2.05, 4.69) is 33.3 Å². The highest BCUT2D eigenvalue weighted by Crippen LogP contribution is 2.39. The Balaban J connectivity index is 1.85. The van der Waals surface area contributed by atoms with Gasteiger partial charge in [0.25, 0.3) is 11.4 Å². The van der Waals surface area contributed by atoms with Crippen molar-refractivity contribution in [2.45, 2.75) is 31.8 Å². The van der Waals surface area contributed by atoms with E-state index in [1.165, 1.54) is 4.91 Å². The Labute approximate surface area is 122 Å². The zero-order valence-electron chi connectivity index (χ0n) is 11.5. The summed E-state index contributed by atoms with van der Waals surface area (Å²) in [6, 6.07) is 3.98. The highest BCUT2D eigenvalue weighted by atomic mass is 32.2. The molecule has 0 spiro atoms. The largest absolute Gasteiger partial charge is 0.313 e. The van der Waals surface area contributed by atoms with Crippen LogP contribution >= 0.6 is 11.8 Å². The third-order valence-corrected chi connectivity index (χ3v) is 4.10. The molecule has 20 heavy (non-hydrogen) atoms. The number of anilines is 1. The highest BCUT2D eigenvalue weighted by molar-refractivity contribution is 8.03. The van der Waals surface area contributed by atoms with Gasteiger partial charge in [0.15, 0.2) is 5.82 Å². The second-order valence-corrected chi connectivity index (χ2v) is 5.60. The smallest absolute Gasteiger partial charge is 0.266 e. The molecule has 100 valence electrons. The summed E-state index contributed by atoms with van der Waals surface area (Å²) in [4.78, 5) is 14.3. The van der Waals surface area contributed by atoms with Gasteiger partial charge in [0.2, 0.25) is 5.03 Å². The summed E-state index contributed by atoms with van der Waals surface area (Å²) in [6.45, 7) is 4.74. The lowest BCUT2D eigenvalue weighted by Gasteiger charge is -2.02. The molecule has 0 saturated carbocycles. The van der Waals surface area contributed by atoms with Crippen molar-refractivity contribution >= 4 is 17.6 Å². The van der Waals surface area contributed by atoms with E-state index in [1.54, 1.807) is 18.0 Å². The summed E-state index contributed by atoms with van der Waals surface area (Å²) in [5.74, 6) is 1.64. The average molecular weight is 283 g/mol. The summed E-state index contributed by atoms with van der Waals surface area (Å²) >= 11 is 1.69. The summed E-state index contributed by atoms with van der Waals surface area (Å²) in [5, 5.41) is 4.37. The van der Waals surface area contributed by atoms with E-state index in [0.29, 0.717) is 6.54 Å². The Hall–Kier alpha value is -1.97. The molecule has 4 nitrogen and oxygen atoms in total. The molecule has 0 aromatic carbocycles. The molecule has 2 aromatic heterocycles. The summed E-state index contributed by atoms with van der Waals surface area (Å²) in [7, 11) is 0. The summed E-state index contributed by atoms with van der Waals surface area (Å²) < 4.78 is 0. The van der Waals surface area contributed by atoms with Gasteiger partial charge in [0, 0.05) is 24.2 Å². The maximum Gasteiger partial charge on any atom is 0.266 e. The Morgan fingerprint density at radius 2 is 2.25 bits per heavy atom. The van der Waals surface area contributed by atoms with E-state index in [9.17, 15) is 0 Å². The first-order valence-corrected chi connectivity index (χ1v) is 7.40. The fourth-order valence-electron chi connectivity index (χ4n) is 1.99. The molecule has 0 atom stereocenters. The Morgan fingerprint density at radius 3 is 3.00 bits per heavy atom. The molecule has 0 unspecified atom stereocenters. The van der Waals surface area contributed by atoms with Crippen molar-refractivity contribution in [2.75, 3.05) is 5.32 Å². The van der Waals surface area contributed by atoms with Crippen molar-refractivity contribution in [1.82, 2.24) is 15.0 Å². The van der Waals surface area contributed by atoms with Gasteiger partial charge in [-0.2, -0.15) is 4.98 Å². The minimum absolute atomic E-state index is 0.699. The molecule has 0 bridgehead atoms. The Kier molecular flexibility index (Phi) is 3.63. The van der Waals surface area contributed by atoms with E-state index in [-0.39, 0.29) is 0 Å². The number of nitrogens with zero attached hydrogens (tertiary/aromatic N) is 3. The van der Waals surface area contributed by atoms with Gasteiger partial charge in [-0.05, 0) is 25.0 Å². The molecule has 5 heteroatoms. The van der Waals surface area contributed by atoms with E-state index in [1.807, 2.05) is 25.3 Å². The first-order chi connectivity index (χ1) is 9.76. The van der Waals surface area contributed by atoms with Gasteiger partial charge in [0.05, 0.1) is 12.6 Å². The van der Waals surface area contributed by atoms with E-state index in [4.69, 9.17) is 0 Å². The number of aryl methyl sites for hydroxylation is 1. The van der Waals surface area contributed by atoms with Gasteiger partial charge in [-0.3, -0.25) is 4.98 Å². The van der Waals surface area contributed by atoms with Crippen LogP contribution in [0.15, 0.2) is 34.5 Å². The predicted octanol–water partition coefficient (Wildman–Crippen LogP) is 3.34. The quantitative estimate of drug-likeness (QED) is 0.689. The predicted molar refractivity (Wildman–Crippen MR) is 80.3 cm³/mol. The summed E-state index contributed by atoms with van der Waals surface area (Å²) in [6.07, 6.45) is 8.00. The van der Waals surface area contributed by atoms with Crippen LogP contribution in [0.1, 0.15) is 30.3 Å². The molecule has 2 aromatic rings. The van der Waals surface area contributed by atoms with Crippen LogP contribution < -0.4 is 5.32 Å². The Morgan fingerprint density at radius 1 is 1.35 bits per heavy atom. The van der Waals surface area contributed by atoms with Crippen LogP contribution in [-0.4, -0.2) is 15.0 Å². The van der Waals surface area contributed by atoms with Crippen LogP contribution in [0.2, 0.25) is 0 Å². The molecule has 1 N–H and O–H groups in total. The zero-order valence-corrected chi connectivity index (χ0v) is 12.3. The van der Waals surface area contributed by atoms with Crippen molar-refractivity contribution in [3.63, 3.8) is 0 Å². The zero-order chi connectivity index (χ0) is 13.9. The molecule has 0 fully saturated rings. The fourth-order valence-corrected chi connectivity index (χ4v) is 2.95. The van der Waals surface area contributed by atoms with Gasteiger partial charge in [-0.15, -0.1) is 4.98 Å². The fraction of sp³-hybridized carbons (Fsp3) is 0.267. The molecule has 1 aliphatic rings. The molecule has 0 radical (unpaired) electrons. The molecular weight excluding hydrogens is 268 g/mol. The lowest BCUT2D eigenvalue weighted by molar-refractivity contribution is 0.943. The monoisotopic (exact) mass is 283 g/mol. The third kappa shape index (κ3) is 2.64. The number of aromatic nitrogens is 3. The van der Waals surface area contributed by atoms with Crippen molar-refractivity contribution < 1.29 is 0 Å². The number of thioether (sulfide) groups is 1. The van der Waals surface area contributed by atoms with Crippen LogP contribution in [0.4, 0.5) is 5.82 Å². The SMILES string of the molecule is CCC1=[C+]c2c(NCc3cccnc3)nc(C)nc2S1. The molecule has 3 heterocycles. The van der Waals surface area contributed by atoms with Gasteiger partial charge >= 0.3 is 0 Å². The third-order valence-electron chi connectivity index (χ3n) is 2.98. The highest BCUT2D eigenvalue weighted by Gasteiger charge is 2.30. The number of pyridine rings is 1. The van der Waals surface area contributed by atoms with Crippen molar-refractivity contribution in [3.8, 4) is 0 Å². The second-order valence-electron chi connectivity index (χ2n) is 4.52. The molecule has 0 amide bonds. The van der Waals surface area contributed by atoms with Crippen molar-refractivity contribution in [2.24, 2.45) is 0 Å². The van der Waals surface area contributed by atoms with Crippen LogP contribution in [0.3, 0.4) is 0 Å². The topological polar surface area (TPSA) is 50.7 Å². The number of rotatable bonds is 4. The van der Waals surface area contributed by atoms with Crippen LogP contribution in [0.5, 0.6) is 0 Å². The molecular formula is C15H15N4S+. The second kappa shape index (κ2) is 5.57. The van der Waals surface area contributed by atoms with Gasteiger partial charge in [-0.25, -0.2) is 0 Å². The van der Waals surface area contributed by atoms with Crippen LogP contribution in [0, 0.1) is 13.0 Å². The maximum atomic E-state index is 4.50. The lowest BCUT2D eigenvalue weighted by atomic mass is 10.2. The average Bonchev–Trinajstić information content (AvgIpc) is 2.88. The van der Waals surface area contributed by atoms with Gasteiger partial charge in [0.1, 0.15) is 4.91 Å². The van der Waals surface area contributed by atoms with E-state index < -0.39 is 0 Å². The molecule has 3 rings (SSSR count). The number of hydrogen-bond acceptors (Lipinski definition) is 5. The minimum atomic E-state index is 0.699. The van der Waals surface area contributed by atoms with Crippen molar-refractivity contribution in [3.05, 3.63) is 52.5 Å². The van der Waals surface area contributed by atoms with Gasteiger partial charge in [-0.1, -0.05) is 13.0 Å². The van der Waals surface area contributed by atoms with E-state index >= 15 is 0 Å².